The normalized spacial score (nSPS) is 24.1. The Morgan fingerprint density at radius 1 is 1.20 bits per heavy atom. The molecule has 0 amide bonds. The van der Waals surface area contributed by atoms with E-state index >= 15 is 0 Å². The molecule has 4 nitrogen and oxygen atoms in total. The highest BCUT2D eigenvalue weighted by Gasteiger charge is 2.26. The molecule has 0 spiro atoms. The van der Waals surface area contributed by atoms with Crippen molar-refractivity contribution in [3.63, 3.8) is 0 Å². The molecular formula is C11H20N2O2. The predicted octanol–water partition coefficient (Wildman–Crippen LogP) is 0.187. The first-order valence-corrected chi connectivity index (χ1v) is 5.79. The molecule has 1 aliphatic carbocycles. The van der Waals surface area contributed by atoms with Crippen molar-refractivity contribution in [3.8, 4) is 0 Å². The van der Waals surface area contributed by atoms with E-state index in [-0.39, 0.29) is 5.97 Å². The number of hydrogen-bond acceptors (Lipinski definition) is 4. The van der Waals surface area contributed by atoms with Crippen LogP contribution in [0.3, 0.4) is 0 Å². The van der Waals surface area contributed by atoms with E-state index in [0.717, 1.165) is 32.1 Å². The number of ether oxygens (including phenoxy) is 1. The third-order valence-corrected chi connectivity index (χ3v) is 3.26. The fourth-order valence-electron chi connectivity index (χ4n) is 2.04. The first-order chi connectivity index (χ1) is 7.28. The van der Waals surface area contributed by atoms with Gasteiger partial charge in [-0.05, 0) is 18.8 Å². The predicted molar refractivity (Wildman–Crippen MR) is 57.6 cm³/mol. The average molecular weight is 212 g/mol. The lowest BCUT2D eigenvalue weighted by molar-refractivity contribution is -0.142. The standard InChI is InChI=1S/C11H20N2O2/c1-15-11(14)9-13-6-4-12(5-7-13)8-10-2-3-10/h10H,2-9H2,1H3. The quantitative estimate of drug-likeness (QED) is 0.623. The van der Waals surface area contributed by atoms with E-state index in [4.69, 9.17) is 0 Å². The van der Waals surface area contributed by atoms with E-state index in [1.807, 2.05) is 0 Å². The summed E-state index contributed by atoms with van der Waals surface area (Å²) in [4.78, 5) is 15.8. The van der Waals surface area contributed by atoms with Crippen molar-refractivity contribution >= 4 is 5.97 Å². The Hall–Kier alpha value is -0.610. The maximum Gasteiger partial charge on any atom is 0.319 e. The molecule has 0 aromatic carbocycles. The minimum Gasteiger partial charge on any atom is -0.468 e. The Morgan fingerprint density at radius 2 is 1.80 bits per heavy atom. The second kappa shape index (κ2) is 4.94. The third kappa shape index (κ3) is 3.47. The Kier molecular flexibility index (Phi) is 3.59. The molecule has 0 aromatic heterocycles. The van der Waals surface area contributed by atoms with Crippen molar-refractivity contribution in [2.24, 2.45) is 5.92 Å². The van der Waals surface area contributed by atoms with Gasteiger partial charge >= 0.3 is 5.97 Å². The van der Waals surface area contributed by atoms with Crippen molar-refractivity contribution in [3.05, 3.63) is 0 Å². The summed E-state index contributed by atoms with van der Waals surface area (Å²) in [5.41, 5.74) is 0. The smallest absolute Gasteiger partial charge is 0.319 e. The third-order valence-electron chi connectivity index (χ3n) is 3.26. The highest BCUT2D eigenvalue weighted by molar-refractivity contribution is 5.71. The van der Waals surface area contributed by atoms with Gasteiger partial charge < -0.3 is 9.64 Å². The van der Waals surface area contributed by atoms with Gasteiger partial charge in [0.25, 0.3) is 0 Å². The van der Waals surface area contributed by atoms with Gasteiger partial charge in [-0.1, -0.05) is 0 Å². The minimum atomic E-state index is -0.120. The lowest BCUT2D eigenvalue weighted by Crippen LogP contribution is -2.48. The van der Waals surface area contributed by atoms with Crippen LogP contribution in [0.5, 0.6) is 0 Å². The molecule has 1 saturated carbocycles. The van der Waals surface area contributed by atoms with E-state index < -0.39 is 0 Å². The van der Waals surface area contributed by atoms with Crippen LogP contribution < -0.4 is 0 Å². The number of nitrogens with zero attached hydrogens (tertiary/aromatic N) is 2. The van der Waals surface area contributed by atoms with Gasteiger partial charge in [0.15, 0.2) is 0 Å². The molecule has 2 fully saturated rings. The number of piperazine rings is 1. The molecule has 0 radical (unpaired) electrons. The first-order valence-electron chi connectivity index (χ1n) is 5.79. The van der Waals surface area contributed by atoms with Crippen molar-refractivity contribution in [2.45, 2.75) is 12.8 Å². The van der Waals surface area contributed by atoms with Crippen LogP contribution in [-0.2, 0) is 9.53 Å². The summed E-state index contributed by atoms with van der Waals surface area (Å²) in [5.74, 6) is 0.850. The van der Waals surface area contributed by atoms with Crippen LogP contribution >= 0.6 is 0 Å². The SMILES string of the molecule is COC(=O)CN1CCN(CC2CC2)CC1. The Morgan fingerprint density at radius 3 is 2.33 bits per heavy atom. The van der Waals surface area contributed by atoms with E-state index in [1.165, 1.54) is 26.5 Å². The van der Waals surface area contributed by atoms with Crippen LogP contribution in [0.25, 0.3) is 0 Å². The molecule has 2 aliphatic rings. The summed E-state index contributed by atoms with van der Waals surface area (Å²) in [6.07, 6.45) is 2.84. The number of carbonyl (C=O) groups excluding carboxylic acids is 1. The summed E-state index contributed by atoms with van der Waals surface area (Å²) in [6, 6.07) is 0. The molecule has 86 valence electrons. The van der Waals surface area contributed by atoms with Crippen LogP contribution in [0.15, 0.2) is 0 Å². The van der Waals surface area contributed by atoms with E-state index in [0.29, 0.717) is 6.54 Å². The zero-order valence-electron chi connectivity index (χ0n) is 9.45. The molecule has 0 unspecified atom stereocenters. The van der Waals surface area contributed by atoms with Gasteiger partial charge in [0.1, 0.15) is 0 Å². The van der Waals surface area contributed by atoms with Crippen molar-refractivity contribution in [1.82, 2.24) is 9.80 Å². The van der Waals surface area contributed by atoms with Crippen LogP contribution in [0.1, 0.15) is 12.8 Å². The molecule has 0 atom stereocenters. The van der Waals surface area contributed by atoms with Crippen LogP contribution in [0.4, 0.5) is 0 Å². The van der Waals surface area contributed by atoms with Crippen molar-refractivity contribution in [2.75, 3.05) is 46.4 Å². The lowest BCUT2D eigenvalue weighted by atomic mass is 10.3. The first kappa shape index (κ1) is 10.9. The average Bonchev–Trinajstić information content (AvgIpc) is 3.05. The second-order valence-electron chi connectivity index (χ2n) is 4.60. The summed E-state index contributed by atoms with van der Waals surface area (Å²) in [6.45, 7) is 5.93. The van der Waals surface area contributed by atoms with Crippen LogP contribution in [-0.4, -0.2) is 62.1 Å². The molecule has 0 bridgehead atoms. The van der Waals surface area contributed by atoms with E-state index in [9.17, 15) is 4.79 Å². The van der Waals surface area contributed by atoms with Crippen LogP contribution in [0, 0.1) is 5.92 Å². The molecule has 1 saturated heterocycles. The number of esters is 1. The molecule has 2 rings (SSSR count). The van der Waals surface area contributed by atoms with Gasteiger partial charge in [0.2, 0.25) is 0 Å². The van der Waals surface area contributed by atoms with Gasteiger partial charge in [-0.3, -0.25) is 9.69 Å². The van der Waals surface area contributed by atoms with E-state index in [1.54, 1.807) is 0 Å². The number of hydrogen-bond donors (Lipinski definition) is 0. The molecule has 1 heterocycles. The summed E-state index contributed by atoms with van der Waals surface area (Å²) >= 11 is 0. The Labute approximate surface area is 91.2 Å². The van der Waals surface area contributed by atoms with Gasteiger partial charge in [0, 0.05) is 32.7 Å². The Bertz CT molecular complexity index is 221. The van der Waals surface area contributed by atoms with Crippen molar-refractivity contribution < 1.29 is 9.53 Å². The maximum atomic E-state index is 11.1. The second-order valence-corrected chi connectivity index (χ2v) is 4.60. The van der Waals surface area contributed by atoms with E-state index in [2.05, 4.69) is 14.5 Å². The van der Waals surface area contributed by atoms with Gasteiger partial charge in [0.05, 0.1) is 13.7 Å². The molecule has 0 aromatic rings. The lowest BCUT2D eigenvalue weighted by Gasteiger charge is -2.33. The zero-order valence-corrected chi connectivity index (χ0v) is 9.45. The number of rotatable bonds is 4. The summed E-state index contributed by atoms with van der Waals surface area (Å²) < 4.78 is 4.66. The highest BCUT2D eigenvalue weighted by atomic mass is 16.5. The molecule has 4 heteroatoms. The maximum absolute atomic E-state index is 11.1. The molecule has 15 heavy (non-hydrogen) atoms. The Balaban J connectivity index is 1.64. The largest absolute Gasteiger partial charge is 0.468 e. The summed E-state index contributed by atoms with van der Waals surface area (Å²) in [7, 11) is 1.45. The number of carbonyl (C=O) groups is 1. The van der Waals surface area contributed by atoms with Crippen LogP contribution in [0.2, 0.25) is 0 Å². The minimum absolute atomic E-state index is 0.120. The van der Waals surface area contributed by atoms with Gasteiger partial charge in [-0.15, -0.1) is 0 Å². The summed E-state index contributed by atoms with van der Waals surface area (Å²) in [5, 5.41) is 0. The fraction of sp³-hybridized carbons (Fsp3) is 0.909. The van der Waals surface area contributed by atoms with Gasteiger partial charge in [-0.2, -0.15) is 0 Å². The zero-order chi connectivity index (χ0) is 10.7. The molecular weight excluding hydrogens is 192 g/mol. The topological polar surface area (TPSA) is 32.8 Å². The molecule has 0 N–H and O–H groups in total. The fourth-order valence-corrected chi connectivity index (χ4v) is 2.04. The highest BCUT2D eigenvalue weighted by Crippen LogP contribution is 2.29. The van der Waals surface area contributed by atoms with Crippen molar-refractivity contribution in [1.29, 1.82) is 0 Å². The van der Waals surface area contributed by atoms with Gasteiger partial charge in [-0.25, -0.2) is 0 Å². The monoisotopic (exact) mass is 212 g/mol. The molecule has 1 aliphatic heterocycles. The number of methoxy groups -OCH3 is 1.